The quantitative estimate of drug-likeness (QED) is 0.538. The highest BCUT2D eigenvalue weighted by Gasteiger charge is 2.39. The highest BCUT2D eigenvalue weighted by atomic mass is 16.2. The smallest absolute Gasteiger partial charge is 0.266 e. The molecule has 0 saturated carbocycles. The molecular formula is C23H20N4O3. The number of H-pyrrole nitrogens is 1. The summed E-state index contributed by atoms with van der Waals surface area (Å²) in [5.74, 6) is -1.31. The van der Waals surface area contributed by atoms with Crippen molar-refractivity contribution in [2.45, 2.75) is 26.3 Å². The number of aromatic nitrogens is 2. The summed E-state index contributed by atoms with van der Waals surface area (Å²) in [6, 6.07) is 13.9. The average molecular weight is 400 g/mol. The maximum absolute atomic E-state index is 13.2. The van der Waals surface area contributed by atoms with Gasteiger partial charge in [-0.3, -0.25) is 19.4 Å². The van der Waals surface area contributed by atoms with E-state index in [0.717, 1.165) is 16.2 Å². The monoisotopic (exact) mass is 400 g/mol. The second kappa shape index (κ2) is 7.87. The summed E-state index contributed by atoms with van der Waals surface area (Å²) in [6.45, 7) is 3.82. The van der Waals surface area contributed by atoms with Crippen LogP contribution in [0.1, 0.15) is 38.7 Å². The zero-order valence-corrected chi connectivity index (χ0v) is 16.6. The molecule has 30 heavy (non-hydrogen) atoms. The fourth-order valence-electron chi connectivity index (χ4n) is 3.63. The minimum absolute atomic E-state index is 0.144. The van der Waals surface area contributed by atoms with Gasteiger partial charge in [0.15, 0.2) is 0 Å². The van der Waals surface area contributed by atoms with Gasteiger partial charge in [-0.2, -0.15) is 0 Å². The van der Waals surface area contributed by atoms with Gasteiger partial charge in [0.25, 0.3) is 11.5 Å². The van der Waals surface area contributed by atoms with Crippen LogP contribution >= 0.6 is 0 Å². The van der Waals surface area contributed by atoms with E-state index < -0.39 is 17.7 Å². The number of aliphatic imine (C=N–C) groups is 1. The average Bonchev–Trinajstić information content (AvgIpc) is 2.73. The summed E-state index contributed by atoms with van der Waals surface area (Å²) in [4.78, 5) is 50.8. The molecule has 7 heteroatoms. The van der Waals surface area contributed by atoms with Crippen molar-refractivity contribution in [2.75, 3.05) is 4.90 Å². The Morgan fingerprint density at radius 3 is 2.60 bits per heavy atom. The van der Waals surface area contributed by atoms with Crippen LogP contribution in [0.3, 0.4) is 0 Å². The van der Waals surface area contributed by atoms with Gasteiger partial charge in [0, 0.05) is 29.2 Å². The molecule has 0 radical (unpaired) electrons. The lowest BCUT2D eigenvalue weighted by atomic mass is 9.89. The summed E-state index contributed by atoms with van der Waals surface area (Å²) in [7, 11) is 0. The van der Waals surface area contributed by atoms with Crippen LogP contribution in [-0.4, -0.2) is 28.0 Å². The molecule has 150 valence electrons. The third-order valence-electron chi connectivity index (χ3n) is 5.09. The standard InChI is InChI=1S/C23H20N4O3/c1-14-11-15(2)26-21(28)18(14)12-24-13-19-16-7-3-4-8-17(16)22(29)27(23(19)30)20-9-5-6-10-25-20/h3-11,13,19H,12H2,1-2H3,(H,26,28). The molecule has 0 spiro atoms. The number of hydrogen-bond acceptors (Lipinski definition) is 5. The van der Waals surface area contributed by atoms with Crippen LogP contribution < -0.4 is 10.5 Å². The van der Waals surface area contributed by atoms with Crippen LogP contribution in [0.4, 0.5) is 5.82 Å². The van der Waals surface area contributed by atoms with Gasteiger partial charge >= 0.3 is 0 Å². The Morgan fingerprint density at radius 1 is 1.10 bits per heavy atom. The number of aryl methyl sites for hydroxylation is 2. The van der Waals surface area contributed by atoms with Crippen molar-refractivity contribution in [1.82, 2.24) is 9.97 Å². The van der Waals surface area contributed by atoms with E-state index in [9.17, 15) is 14.4 Å². The van der Waals surface area contributed by atoms with E-state index in [4.69, 9.17) is 0 Å². The summed E-state index contributed by atoms with van der Waals surface area (Å²) < 4.78 is 0. The number of fused-ring (bicyclic) bond motifs is 1. The van der Waals surface area contributed by atoms with Crippen molar-refractivity contribution in [2.24, 2.45) is 4.99 Å². The topological polar surface area (TPSA) is 95.5 Å². The number of benzene rings is 1. The second-order valence-electron chi connectivity index (χ2n) is 7.16. The molecule has 2 aromatic heterocycles. The first-order chi connectivity index (χ1) is 14.5. The third-order valence-corrected chi connectivity index (χ3v) is 5.09. The summed E-state index contributed by atoms with van der Waals surface area (Å²) in [6.07, 6.45) is 3.05. The normalized spacial score (nSPS) is 16.2. The van der Waals surface area contributed by atoms with Crippen molar-refractivity contribution >= 4 is 23.8 Å². The minimum atomic E-state index is -0.745. The second-order valence-corrected chi connectivity index (χ2v) is 7.16. The van der Waals surface area contributed by atoms with Gasteiger partial charge in [0.1, 0.15) is 5.82 Å². The molecule has 1 aliphatic rings. The van der Waals surface area contributed by atoms with E-state index in [-0.39, 0.29) is 17.9 Å². The molecule has 1 aliphatic heterocycles. The number of aromatic amines is 1. The van der Waals surface area contributed by atoms with Crippen LogP contribution in [-0.2, 0) is 11.3 Å². The summed E-state index contributed by atoms with van der Waals surface area (Å²) >= 11 is 0. The van der Waals surface area contributed by atoms with Gasteiger partial charge in [-0.1, -0.05) is 24.3 Å². The van der Waals surface area contributed by atoms with E-state index >= 15 is 0 Å². The highest BCUT2D eigenvalue weighted by Crippen LogP contribution is 2.31. The van der Waals surface area contributed by atoms with Gasteiger partial charge in [-0.05, 0) is 49.2 Å². The van der Waals surface area contributed by atoms with Crippen molar-refractivity contribution < 1.29 is 9.59 Å². The summed E-state index contributed by atoms with van der Waals surface area (Å²) in [5, 5.41) is 0. The third kappa shape index (κ3) is 3.45. The first kappa shape index (κ1) is 19.4. The van der Waals surface area contributed by atoms with Crippen molar-refractivity contribution in [3.05, 3.63) is 93.0 Å². The predicted octanol–water partition coefficient (Wildman–Crippen LogP) is 2.93. The van der Waals surface area contributed by atoms with Gasteiger partial charge < -0.3 is 4.98 Å². The number of pyridine rings is 2. The van der Waals surface area contributed by atoms with Crippen LogP contribution in [0, 0.1) is 13.8 Å². The van der Waals surface area contributed by atoms with E-state index in [0.29, 0.717) is 16.7 Å². The Bertz CT molecular complexity index is 1210. The lowest BCUT2D eigenvalue weighted by molar-refractivity contribution is -0.118. The van der Waals surface area contributed by atoms with Crippen LogP contribution in [0.25, 0.3) is 0 Å². The largest absolute Gasteiger partial charge is 0.326 e. The molecule has 2 amide bonds. The minimum Gasteiger partial charge on any atom is -0.326 e. The number of nitrogens with one attached hydrogen (secondary N) is 1. The molecular weight excluding hydrogens is 380 g/mol. The number of anilines is 1. The molecule has 1 unspecified atom stereocenters. The molecule has 4 rings (SSSR count). The number of carbonyl (C=O) groups excluding carboxylic acids is 2. The fraction of sp³-hybridized carbons (Fsp3) is 0.174. The lowest BCUT2D eigenvalue weighted by Gasteiger charge is -2.30. The SMILES string of the molecule is Cc1cc(C)c(CN=CC2C(=O)N(c3ccccn3)C(=O)c3ccccc32)c(=O)[nH]1. The van der Waals surface area contributed by atoms with E-state index in [1.54, 1.807) is 42.5 Å². The van der Waals surface area contributed by atoms with Gasteiger partial charge in [-0.25, -0.2) is 9.88 Å². The summed E-state index contributed by atoms with van der Waals surface area (Å²) in [5.41, 5.74) is 3.01. The zero-order valence-electron chi connectivity index (χ0n) is 16.6. The van der Waals surface area contributed by atoms with Crippen LogP contribution in [0.2, 0.25) is 0 Å². The maximum Gasteiger partial charge on any atom is 0.266 e. The number of nitrogens with zero attached hydrogens (tertiary/aromatic N) is 3. The number of rotatable bonds is 4. The Hall–Kier alpha value is -3.87. The van der Waals surface area contributed by atoms with Crippen molar-refractivity contribution in [1.29, 1.82) is 0 Å². The van der Waals surface area contributed by atoms with Crippen LogP contribution in [0.15, 0.2) is 64.5 Å². The number of hydrogen-bond donors (Lipinski definition) is 1. The molecule has 3 heterocycles. The van der Waals surface area contributed by atoms with Gasteiger partial charge in [-0.15, -0.1) is 0 Å². The molecule has 3 aromatic rings. The zero-order chi connectivity index (χ0) is 21.3. The fourth-order valence-corrected chi connectivity index (χ4v) is 3.63. The number of imide groups is 1. The van der Waals surface area contributed by atoms with E-state index in [2.05, 4.69) is 15.0 Å². The molecule has 0 bridgehead atoms. The Labute approximate surface area is 173 Å². The molecule has 1 atom stereocenters. The Kier molecular flexibility index (Phi) is 5.10. The molecule has 0 fully saturated rings. The first-order valence-corrected chi connectivity index (χ1v) is 9.55. The molecule has 1 N–H and O–H groups in total. The molecule has 1 aromatic carbocycles. The van der Waals surface area contributed by atoms with Gasteiger partial charge in [0.2, 0.25) is 5.91 Å². The van der Waals surface area contributed by atoms with Gasteiger partial charge in [0.05, 0.1) is 12.5 Å². The highest BCUT2D eigenvalue weighted by molar-refractivity contribution is 6.28. The number of amides is 2. The van der Waals surface area contributed by atoms with E-state index in [1.807, 2.05) is 19.9 Å². The number of carbonyl (C=O) groups is 2. The first-order valence-electron chi connectivity index (χ1n) is 9.55. The molecule has 0 aliphatic carbocycles. The van der Waals surface area contributed by atoms with Crippen LogP contribution in [0.5, 0.6) is 0 Å². The molecule has 0 saturated heterocycles. The van der Waals surface area contributed by atoms with Crippen molar-refractivity contribution in [3.8, 4) is 0 Å². The van der Waals surface area contributed by atoms with Crippen molar-refractivity contribution in [3.63, 3.8) is 0 Å². The lowest BCUT2D eigenvalue weighted by Crippen LogP contribution is -2.45. The Balaban J connectivity index is 1.71. The predicted molar refractivity (Wildman–Crippen MR) is 114 cm³/mol. The maximum atomic E-state index is 13.2. The molecule has 7 nitrogen and oxygen atoms in total. The van der Waals surface area contributed by atoms with E-state index in [1.165, 1.54) is 12.4 Å². The Morgan fingerprint density at radius 2 is 1.87 bits per heavy atom.